The molecule has 1 aliphatic carbocycles. The Balaban J connectivity index is 2.89. The normalized spacial score (nSPS) is 29.6. The predicted molar refractivity (Wildman–Crippen MR) is 38.7 cm³/mol. The molecule has 1 aliphatic rings. The molecule has 74 valence electrons. The number of carboxylic acids is 1. The number of allylic oxidation sites excluding steroid dienone is 1. The van der Waals surface area contributed by atoms with E-state index in [-0.39, 0.29) is 0 Å². The van der Waals surface area contributed by atoms with E-state index in [1.165, 1.54) is 13.8 Å². The third kappa shape index (κ3) is 1.43. The lowest BCUT2D eigenvalue weighted by atomic mass is 10.1. The van der Waals surface area contributed by atoms with Crippen LogP contribution in [0.4, 0.5) is 13.2 Å². The Hall–Kier alpha value is -1.00. The highest BCUT2D eigenvalue weighted by molar-refractivity contribution is 5.76. The van der Waals surface area contributed by atoms with Gasteiger partial charge in [0, 0.05) is 5.92 Å². The van der Waals surface area contributed by atoms with Crippen molar-refractivity contribution in [1.82, 2.24) is 0 Å². The van der Waals surface area contributed by atoms with Crippen LogP contribution in [0.2, 0.25) is 0 Å². The predicted octanol–water partition coefficient (Wildman–Crippen LogP) is 2.42. The van der Waals surface area contributed by atoms with E-state index in [1.54, 1.807) is 0 Å². The summed E-state index contributed by atoms with van der Waals surface area (Å²) in [6, 6.07) is 0. The Labute approximate surface area is 73.1 Å². The van der Waals surface area contributed by atoms with Crippen LogP contribution in [-0.4, -0.2) is 11.1 Å². The summed E-state index contributed by atoms with van der Waals surface area (Å²) in [4.78, 5) is 10.5. The largest absolute Gasteiger partial charge is 0.481 e. The lowest BCUT2D eigenvalue weighted by molar-refractivity contribution is -0.139. The minimum absolute atomic E-state index is 0.903. The molecule has 1 N–H and O–H groups in total. The minimum Gasteiger partial charge on any atom is -0.481 e. The van der Waals surface area contributed by atoms with Crippen LogP contribution in [0.25, 0.3) is 0 Å². The van der Waals surface area contributed by atoms with E-state index >= 15 is 0 Å². The van der Waals surface area contributed by atoms with Gasteiger partial charge in [0.2, 0.25) is 0 Å². The zero-order valence-corrected chi connectivity index (χ0v) is 7.14. The molecule has 2 atom stereocenters. The molecule has 0 aromatic rings. The first-order chi connectivity index (χ1) is 5.80. The third-order valence-electron chi connectivity index (χ3n) is 2.55. The smallest absolute Gasteiger partial charge is 0.307 e. The Bertz CT molecular complexity index is 279. The van der Waals surface area contributed by atoms with Crippen molar-refractivity contribution in [2.45, 2.75) is 13.8 Å². The van der Waals surface area contributed by atoms with Crippen LogP contribution >= 0.6 is 0 Å². The van der Waals surface area contributed by atoms with Crippen molar-refractivity contribution < 1.29 is 23.1 Å². The van der Waals surface area contributed by atoms with Gasteiger partial charge < -0.3 is 5.11 Å². The third-order valence-corrected chi connectivity index (χ3v) is 2.55. The van der Waals surface area contributed by atoms with Gasteiger partial charge in [0.1, 0.15) is 0 Å². The van der Waals surface area contributed by atoms with Crippen LogP contribution in [0.3, 0.4) is 0 Å². The maximum Gasteiger partial charge on any atom is 0.307 e. The number of carboxylic acid groups (broad SMARTS) is 1. The molecule has 0 bridgehead atoms. The Morgan fingerprint density at radius 3 is 1.92 bits per heavy atom. The van der Waals surface area contributed by atoms with Crippen molar-refractivity contribution in [3.63, 3.8) is 0 Å². The van der Waals surface area contributed by atoms with E-state index in [0.717, 1.165) is 0 Å². The first-order valence-corrected chi connectivity index (χ1v) is 3.73. The molecule has 2 unspecified atom stereocenters. The van der Waals surface area contributed by atoms with Gasteiger partial charge in [-0.05, 0) is 5.41 Å². The summed E-state index contributed by atoms with van der Waals surface area (Å²) in [7, 11) is 0. The maximum absolute atomic E-state index is 12.7. The number of aliphatic carboxylic acids is 1. The lowest BCUT2D eigenvalue weighted by Crippen LogP contribution is -2.03. The van der Waals surface area contributed by atoms with Crippen LogP contribution in [0.1, 0.15) is 13.8 Å². The maximum atomic E-state index is 12.7. The summed E-state index contributed by atoms with van der Waals surface area (Å²) < 4.78 is 36.3. The summed E-state index contributed by atoms with van der Waals surface area (Å²) >= 11 is 0. The molecule has 13 heavy (non-hydrogen) atoms. The van der Waals surface area contributed by atoms with Gasteiger partial charge in [-0.15, -0.1) is 0 Å². The van der Waals surface area contributed by atoms with Crippen molar-refractivity contribution in [2.75, 3.05) is 0 Å². The van der Waals surface area contributed by atoms with Crippen molar-refractivity contribution in [3.8, 4) is 0 Å². The number of halogens is 3. The highest BCUT2D eigenvalue weighted by atomic mass is 19.3. The zero-order chi connectivity index (χ0) is 10.4. The number of hydrogen-bond donors (Lipinski definition) is 1. The fourth-order valence-electron chi connectivity index (χ4n) is 1.69. The average Bonchev–Trinajstić information content (AvgIpc) is 2.51. The Morgan fingerprint density at radius 2 is 1.69 bits per heavy atom. The van der Waals surface area contributed by atoms with Gasteiger partial charge in [-0.1, -0.05) is 13.8 Å². The Morgan fingerprint density at radius 1 is 1.23 bits per heavy atom. The van der Waals surface area contributed by atoms with Crippen LogP contribution in [0, 0.1) is 17.3 Å². The second-order valence-electron chi connectivity index (χ2n) is 3.72. The standard InChI is InChI=1S/C8H9F3O2/c1-8(2)3(4(8)7(12)13)5(9)6(10)11/h3-4H,1-2H3,(H,12,13). The molecule has 1 rings (SSSR count). The van der Waals surface area contributed by atoms with Crippen LogP contribution in [-0.2, 0) is 4.79 Å². The summed E-state index contributed by atoms with van der Waals surface area (Å²) in [6.45, 7) is 2.91. The van der Waals surface area contributed by atoms with Gasteiger partial charge in [-0.2, -0.15) is 8.78 Å². The van der Waals surface area contributed by atoms with E-state index in [0.29, 0.717) is 0 Å². The van der Waals surface area contributed by atoms with E-state index in [1.807, 2.05) is 0 Å². The molecular formula is C8H9F3O2. The van der Waals surface area contributed by atoms with Gasteiger partial charge in [-0.25, -0.2) is 4.39 Å². The van der Waals surface area contributed by atoms with E-state index in [4.69, 9.17) is 5.11 Å². The molecule has 1 saturated carbocycles. The second-order valence-corrected chi connectivity index (χ2v) is 3.72. The van der Waals surface area contributed by atoms with Gasteiger partial charge in [0.15, 0.2) is 5.83 Å². The van der Waals surface area contributed by atoms with Crippen molar-refractivity contribution in [1.29, 1.82) is 0 Å². The van der Waals surface area contributed by atoms with Gasteiger partial charge in [0.25, 0.3) is 0 Å². The molecular weight excluding hydrogens is 185 g/mol. The molecule has 1 fully saturated rings. The first-order valence-electron chi connectivity index (χ1n) is 3.73. The highest BCUT2D eigenvalue weighted by Gasteiger charge is 2.65. The van der Waals surface area contributed by atoms with Crippen molar-refractivity contribution in [2.24, 2.45) is 17.3 Å². The van der Waals surface area contributed by atoms with E-state index in [9.17, 15) is 18.0 Å². The van der Waals surface area contributed by atoms with Crippen molar-refractivity contribution in [3.05, 3.63) is 11.9 Å². The minimum atomic E-state index is -2.41. The van der Waals surface area contributed by atoms with E-state index < -0.39 is 35.1 Å². The number of carbonyl (C=O) groups is 1. The summed E-state index contributed by atoms with van der Waals surface area (Å²) in [5.41, 5.74) is -0.903. The molecule has 0 spiro atoms. The molecule has 0 heterocycles. The van der Waals surface area contributed by atoms with Crippen molar-refractivity contribution >= 4 is 5.97 Å². The van der Waals surface area contributed by atoms with Crippen LogP contribution < -0.4 is 0 Å². The van der Waals surface area contributed by atoms with Gasteiger partial charge in [0.05, 0.1) is 5.92 Å². The number of rotatable bonds is 2. The quantitative estimate of drug-likeness (QED) is 0.732. The summed E-state index contributed by atoms with van der Waals surface area (Å²) in [6.07, 6.45) is -2.41. The van der Waals surface area contributed by atoms with Crippen LogP contribution in [0.15, 0.2) is 11.9 Å². The fourth-order valence-corrected chi connectivity index (χ4v) is 1.69. The second kappa shape index (κ2) is 2.75. The highest BCUT2D eigenvalue weighted by Crippen LogP contribution is 2.62. The molecule has 0 amide bonds. The molecule has 5 heteroatoms. The molecule has 0 aliphatic heterocycles. The summed E-state index contributed by atoms with van der Waals surface area (Å²) in [5.74, 6) is -5.02. The van der Waals surface area contributed by atoms with Gasteiger partial charge in [-0.3, -0.25) is 4.79 Å². The van der Waals surface area contributed by atoms with Gasteiger partial charge >= 0.3 is 12.0 Å². The topological polar surface area (TPSA) is 37.3 Å². The fraction of sp³-hybridized carbons (Fsp3) is 0.625. The zero-order valence-electron chi connectivity index (χ0n) is 7.14. The number of hydrogen-bond acceptors (Lipinski definition) is 1. The SMILES string of the molecule is CC1(C)C(C(=O)O)C1C(F)=C(F)F. The monoisotopic (exact) mass is 194 g/mol. The average molecular weight is 194 g/mol. The molecule has 0 saturated heterocycles. The molecule has 0 aromatic carbocycles. The van der Waals surface area contributed by atoms with Crippen LogP contribution in [0.5, 0.6) is 0 Å². The first kappa shape index (κ1) is 10.1. The lowest BCUT2D eigenvalue weighted by Gasteiger charge is -1.97. The molecule has 0 aromatic heterocycles. The van der Waals surface area contributed by atoms with E-state index in [2.05, 4.69) is 0 Å². The molecule has 0 radical (unpaired) electrons. The molecule has 2 nitrogen and oxygen atoms in total. The Kier molecular flexibility index (Phi) is 2.13. The summed E-state index contributed by atoms with van der Waals surface area (Å²) in [5, 5.41) is 8.56.